The number of carbonyl (C=O) groups excluding carboxylic acids is 2. The van der Waals surface area contributed by atoms with Crippen LogP contribution in [0.1, 0.15) is 24.8 Å². The molecule has 2 aliphatic heterocycles. The highest BCUT2D eigenvalue weighted by molar-refractivity contribution is 6.04. The van der Waals surface area contributed by atoms with Crippen LogP contribution in [0.4, 0.5) is 23.7 Å². The molecule has 2 aliphatic rings. The maximum atomic E-state index is 12.6. The average Bonchev–Trinajstić information content (AvgIpc) is 3.09. The highest BCUT2D eigenvalue weighted by Gasteiger charge is 2.38. The standard InChI is InChI=1S/C17H18F3N5O2/c18-17(19,20)7-13(26)24-5-2-11(3-6-24)25-14-10(9-23-16(25)27)8-22-15-12(14)1-4-21-15/h1,4,8,11H,2-3,5-7,9H2,(H,21,22)(H,23,27). The smallest absolute Gasteiger partial charge is 0.346 e. The second kappa shape index (κ2) is 6.43. The van der Waals surface area contributed by atoms with Gasteiger partial charge in [-0.1, -0.05) is 0 Å². The van der Waals surface area contributed by atoms with Crippen LogP contribution in [0.5, 0.6) is 0 Å². The van der Waals surface area contributed by atoms with E-state index >= 15 is 0 Å². The number of carbonyl (C=O) groups is 2. The molecule has 2 N–H and O–H groups in total. The number of urea groups is 1. The number of amides is 3. The van der Waals surface area contributed by atoms with Gasteiger partial charge >= 0.3 is 12.2 Å². The predicted octanol–water partition coefficient (Wildman–Crippen LogP) is 2.54. The van der Waals surface area contributed by atoms with E-state index in [1.807, 2.05) is 6.07 Å². The molecular formula is C17H18F3N5O2. The number of alkyl halides is 3. The number of aromatic nitrogens is 2. The Labute approximate surface area is 152 Å². The van der Waals surface area contributed by atoms with Crippen molar-refractivity contribution in [2.24, 2.45) is 0 Å². The number of halogens is 3. The fourth-order valence-electron chi connectivity index (χ4n) is 3.81. The molecule has 7 nitrogen and oxygen atoms in total. The Morgan fingerprint density at radius 3 is 2.74 bits per heavy atom. The summed E-state index contributed by atoms with van der Waals surface area (Å²) in [7, 11) is 0. The van der Waals surface area contributed by atoms with E-state index in [9.17, 15) is 22.8 Å². The molecule has 0 aromatic carbocycles. The fourth-order valence-corrected chi connectivity index (χ4v) is 3.81. The van der Waals surface area contributed by atoms with E-state index in [-0.39, 0.29) is 25.2 Å². The van der Waals surface area contributed by atoms with Crippen molar-refractivity contribution >= 4 is 28.7 Å². The number of rotatable bonds is 2. The van der Waals surface area contributed by atoms with Crippen LogP contribution in [0, 0.1) is 0 Å². The Hall–Kier alpha value is -2.78. The van der Waals surface area contributed by atoms with Crippen LogP contribution >= 0.6 is 0 Å². The Balaban J connectivity index is 1.55. The number of fused-ring (bicyclic) bond motifs is 3. The molecule has 2 aromatic rings. The van der Waals surface area contributed by atoms with Crippen molar-refractivity contribution in [3.8, 4) is 0 Å². The third-order valence-corrected chi connectivity index (χ3v) is 5.06. The molecule has 4 rings (SSSR count). The molecule has 0 bridgehead atoms. The Kier molecular flexibility index (Phi) is 4.20. The quantitative estimate of drug-likeness (QED) is 0.839. The Morgan fingerprint density at radius 1 is 1.30 bits per heavy atom. The summed E-state index contributed by atoms with van der Waals surface area (Å²) < 4.78 is 37.3. The van der Waals surface area contributed by atoms with Crippen LogP contribution in [0.15, 0.2) is 18.5 Å². The van der Waals surface area contributed by atoms with Crippen molar-refractivity contribution in [3.63, 3.8) is 0 Å². The molecule has 1 saturated heterocycles. The van der Waals surface area contributed by atoms with E-state index in [1.54, 1.807) is 17.3 Å². The van der Waals surface area contributed by atoms with Gasteiger partial charge in [0, 0.05) is 49.0 Å². The summed E-state index contributed by atoms with van der Waals surface area (Å²) in [5, 5.41) is 3.65. The van der Waals surface area contributed by atoms with Gasteiger partial charge in [0.1, 0.15) is 12.1 Å². The van der Waals surface area contributed by atoms with Crippen molar-refractivity contribution in [2.45, 2.75) is 38.0 Å². The zero-order valence-electron chi connectivity index (χ0n) is 14.3. The third-order valence-electron chi connectivity index (χ3n) is 5.06. The fraction of sp³-hybridized carbons (Fsp3) is 0.471. The number of likely N-dealkylation sites (tertiary alicyclic amines) is 1. The summed E-state index contributed by atoms with van der Waals surface area (Å²) in [6, 6.07) is 1.42. The average molecular weight is 381 g/mol. The SMILES string of the molecule is O=C(CC(F)(F)F)N1CCC(N2C(=O)NCc3cnc4[nH]ccc4c32)CC1. The molecule has 0 unspecified atom stereocenters. The van der Waals surface area contributed by atoms with Gasteiger partial charge < -0.3 is 15.2 Å². The van der Waals surface area contributed by atoms with E-state index in [1.165, 1.54) is 4.90 Å². The molecule has 27 heavy (non-hydrogen) atoms. The second-order valence-corrected chi connectivity index (χ2v) is 6.80. The lowest BCUT2D eigenvalue weighted by Gasteiger charge is -2.41. The van der Waals surface area contributed by atoms with Gasteiger partial charge in [-0.25, -0.2) is 9.78 Å². The minimum atomic E-state index is -4.51. The summed E-state index contributed by atoms with van der Waals surface area (Å²) in [5.41, 5.74) is 2.34. The lowest BCUT2D eigenvalue weighted by atomic mass is 9.99. The van der Waals surface area contributed by atoms with Crippen molar-refractivity contribution in [1.82, 2.24) is 20.2 Å². The molecule has 10 heteroatoms. The zero-order chi connectivity index (χ0) is 19.2. The first-order valence-electron chi connectivity index (χ1n) is 8.70. The molecule has 0 aliphatic carbocycles. The number of nitrogens with one attached hydrogen (secondary N) is 2. The molecule has 0 radical (unpaired) electrons. The molecule has 2 aromatic heterocycles. The topological polar surface area (TPSA) is 81.3 Å². The minimum absolute atomic E-state index is 0.195. The number of nitrogens with zero attached hydrogens (tertiary/aromatic N) is 3. The van der Waals surface area contributed by atoms with Gasteiger partial charge in [-0.2, -0.15) is 13.2 Å². The summed E-state index contributed by atoms with van der Waals surface area (Å²) in [5.74, 6) is -0.915. The molecule has 144 valence electrons. The van der Waals surface area contributed by atoms with Crippen molar-refractivity contribution < 1.29 is 22.8 Å². The highest BCUT2D eigenvalue weighted by atomic mass is 19.4. The van der Waals surface area contributed by atoms with Crippen LogP contribution in [0.2, 0.25) is 0 Å². The number of anilines is 1. The van der Waals surface area contributed by atoms with Crippen LogP contribution in [0.25, 0.3) is 11.0 Å². The molecule has 0 atom stereocenters. The minimum Gasteiger partial charge on any atom is -0.346 e. The Morgan fingerprint density at radius 2 is 2.04 bits per heavy atom. The van der Waals surface area contributed by atoms with E-state index in [0.717, 1.165) is 16.6 Å². The van der Waals surface area contributed by atoms with Crippen LogP contribution in [0.3, 0.4) is 0 Å². The summed E-state index contributed by atoms with van der Waals surface area (Å²) in [6.45, 7) is 0.766. The maximum Gasteiger partial charge on any atom is 0.397 e. The van der Waals surface area contributed by atoms with Gasteiger partial charge in [0.15, 0.2) is 0 Å². The van der Waals surface area contributed by atoms with Crippen molar-refractivity contribution in [3.05, 3.63) is 24.0 Å². The molecule has 3 amide bonds. The van der Waals surface area contributed by atoms with Crippen LogP contribution in [-0.4, -0.2) is 52.1 Å². The largest absolute Gasteiger partial charge is 0.397 e. The number of pyridine rings is 1. The van der Waals surface area contributed by atoms with Gasteiger partial charge in [-0.05, 0) is 18.9 Å². The van der Waals surface area contributed by atoms with E-state index in [0.29, 0.717) is 25.0 Å². The highest BCUT2D eigenvalue weighted by Crippen LogP contribution is 2.35. The third kappa shape index (κ3) is 3.31. The van der Waals surface area contributed by atoms with Gasteiger partial charge in [-0.15, -0.1) is 0 Å². The number of H-pyrrole nitrogens is 1. The Bertz CT molecular complexity index is 886. The van der Waals surface area contributed by atoms with Gasteiger partial charge in [0.2, 0.25) is 5.91 Å². The van der Waals surface area contributed by atoms with E-state index < -0.39 is 18.5 Å². The van der Waals surface area contributed by atoms with Crippen molar-refractivity contribution in [2.75, 3.05) is 18.0 Å². The molecule has 0 spiro atoms. The molecule has 1 fully saturated rings. The lowest BCUT2D eigenvalue weighted by molar-refractivity contribution is -0.162. The molecule has 0 saturated carbocycles. The van der Waals surface area contributed by atoms with Gasteiger partial charge in [0.25, 0.3) is 0 Å². The zero-order valence-corrected chi connectivity index (χ0v) is 14.3. The first-order valence-corrected chi connectivity index (χ1v) is 8.70. The van der Waals surface area contributed by atoms with E-state index in [2.05, 4.69) is 15.3 Å². The van der Waals surface area contributed by atoms with Crippen molar-refractivity contribution in [1.29, 1.82) is 0 Å². The monoisotopic (exact) mass is 381 g/mol. The number of piperidine rings is 1. The lowest BCUT2D eigenvalue weighted by Crippen LogP contribution is -2.54. The van der Waals surface area contributed by atoms with Crippen LogP contribution < -0.4 is 10.2 Å². The number of aromatic amines is 1. The first kappa shape index (κ1) is 17.6. The van der Waals surface area contributed by atoms with Gasteiger partial charge in [0.05, 0.1) is 5.69 Å². The normalized spacial score (nSPS) is 18.6. The maximum absolute atomic E-state index is 12.6. The van der Waals surface area contributed by atoms with E-state index in [4.69, 9.17) is 0 Å². The predicted molar refractivity (Wildman–Crippen MR) is 91.1 cm³/mol. The molecule has 4 heterocycles. The summed E-state index contributed by atoms with van der Waals surface area (Å²) in [6.07, 6.45) is -1.65. The summed E-state index contributed by atoms with van der Waals surface area (Å²) >= 11 is 0. The second-order valence-electron chi connectivity index (χ2n) is 6.80. The van der Waals surface area contributed by atoms with Gasteiger partial charge in [-0.3, -0.25) is 9.69 Å². The summed E-state index contributed by atoms with van der Waals surface area (Å²) in [4.78, 5) is 34.6. The number of hydrogen-bond donors (Lipinski definition) is 2. The molecular weight excluding hydrogens is 363 g/mol. The number of hydrogen-bond acceptors (Lipinski definition) is 3. The first-order chi connectivity index (χ1) is 12.8. The van der Waals surface area contributed by atoms with Crippen LogP contribution in [-0.2, 0) is 11.3 Å².